The van der Waals surface area contributed by atoms with Crippen molar-refractivity contribution >= 4 is 22.8 Å². The summed E-state index contributed by atoms with van der Waals surface area (Å²) in [6, 6.07) is 14.4. The van der Waals surface area contributed by atoms with Gasteiger partial charge < -0.3 is 9.42 Å². The Kier molecular flexibility index (Phi) is 6.72. The van der Waals surface area contributed by atoms with Crippen LogP contribution in [0.2, 0.25) is 0 Å². The normalized spacial score (nSPS) is 18.8. The summed E-state index contributed by atoms with van der Waals surface area (Å²) in [7, 11) is 0. The minimum absolute atomic E-state index is 0.000364. The van der Waals surface area contributed by atoms with Crippen LogP contribution in [0.5, 0.6) is 0 Å². The van der Waals surface area contributed by atoms with Crippen LogP contribution in [0, 0.1) is 5.82 Å². The van der Waals surface area contributed by atoms with Crippen molar-refractivity contribution in [2.24, 2.45) is 0 Å². The molecule has 0 bridgehead atoms. The lowest BCUT2D eigenvalue weighted by atomic mass is 9.88. The molecule has 1 aromatic heterocycles. The number of hydrogen-bond acceptors (Lipinski definition) is 5. The highest BCUT2D eigenvalue weighted by molar-refractivity contribution is 5.98. The number of nitrogens with zero attached hydrogens (tertiary/aromatic N) is 3. The van der Waals surface area contributed by atoms with Crippen LogP contribution in [0.4, 0.5) is 4.39 Å². The SMILES string of the molecule is O=C1CC(c2ccccc2)CC(=O)N1CCCCN1CCC(c2noc3cc(F)ccc23)CC1. The van der Waals surface area contributed by atoms with Gasteiger partial charge in [0.25, 0.3) is 0 Å². The Bertz CT molecular complexity index is 1140. The van der Waals surface area contributed by atoms with E-state index >= 15 is 0 Å². The molecule has 6 nitrogen and oxygen atoms in total. The number of rotatable bonds is 7. The molecule has 0 N–H and O–H groups in total. The second kappa shape index (κ2) is 10.1. The molecule has 0 spiro atoms. The van der Waals surface area contributed by atoms with E-state index in [-0.39, 0.29) is 23.5 Å². The number of imide groups is 1. The smallest absolute Gasteiger partial charge is 0.229 e. The van der Waals surface area contributed by atoms with Gasteiger partial charge in [0.1, 0.15) is 5.82 Å². The fraction of sp³-hybridized carbons (Fsp3) is 0.444. The zero-order valence-electron chi connectivity index (χ0n) is 19.3. The minimum Gasteiger partial charge on any atom is -0.356 e. The maximum absolute atomic E-state index is 13.4. The number of hydrogen-bond donors (Lipinski definition) is 0. The molecule has 0 radical (unpaired) electrons. The van der Waals surface area contributed by atoms with Crippen molar-refractivity contribution in [3.05, 3.63) is 65.6 Å². The third-order valence-electron chi connectivity index (χ3n) is 7.26. The molecule has 7 heteroatoms. The van der Waals surface area contributed by atoms with Gasteiger partial charge in [-0.3, -0.25) is 14.5 Å². The summed E-state index contributed by atoms with van der Waals surface area (Å²) >= 11 is 0. The first-order chi connectivity index (χ1) is 16.6. The van der Waals surface area contributed by atoms with Crippen molar-refractivity contribution in [3.8, 4) is 0 Å². The van der Waals surface area contributed by atoms with E-state index in [1.807, 2.05) is 30.3 Å². The molecule has 0 aliphatic carbocycles. The van der Waals surface area contributed by atoms with Crippen LogP contribution in [-0.2, 0) is 9.59 Å². The van der Waals surface area contributed by atoms with Crippen molar-refractivity contribution in [3.63, 3.8) is 0 Å². The first kappa shape index (κ1) is 22.7. The van der Waals surface area contributed by atoms with Crippen LogP contribution in [0.3, 0.4) is 0 Å². The summed E-state index contributed by atoms with van der Waals surface area (Å²) in [6.45, 7) is 3.42. The van der Waals surface area contributed by atoms with Gasteiger partial charge >= 0.3 is 0 Å². The molecule has 178 valence electrons. The third kappa shape index (κ3) is 4.89. The van der Waals surface area contributed by atoms with E-state index in [1.165, 1.54) is 17.0 Å². The molecule has 5 rings (SSSR count). The number of aromatic nitrogens is 1. The molecule has 2 fully saturated rings. The lowest BCUT2D eigenvalue weighted by molar-refractivity contribution is -0.148. The van der Waals surface area contributed by atoms with Gasteiger partial charge in [-0.2, -0.15) is 0 Å². The lowest BCUT2D eigenvalue weighted by Crippen LogP contribution is -2.43. The van der Waals surface area contributed by atoms with Gasteiger partial charge in [0.05, 0.1) is 5.69 Å². The Morgan fingerprint density at radius 3 is 2.35 bits per heavy atom. The van der Waals surface area contributed by atoms with Crippen LogP contribution >= 0.6 is 0 Å². The fourth-order valence-electron chi connectivity index (χ4n) is 5.32. The average molecular weight is 464 g/mol. The third-order valence-corrected chi connectivity index (χ3v) is 7.26. The molecule has 0 unspecified atom stereocenters. The van der Waals surface area contributed by atoms with E-state index < -0.39 is 0 Å². The lowest BCUT2D eigenvalue weighted by Gasteiger charge is -2.32. The van der Waals surface area contributed by atoms with Crippen molar-refractivity contribution < 1.29 is 18.5 Å². The van der Waals surface area contributed by atoms with E-state index in [1.54, 1.807) is 6.07 Å². The summed E-state index contributed by atoms with van der Waals surface area (Å²) in [5, 5.41) is 5.13. The number of likely N-dealkylation sites (tertiary alicyclic amines) is 2. The Hall–Kier alpha value is -3.06. The maximum atomic E-state index is 13.4. The Morgan fingerprint density at radius 1 is 0.912 bits per heavy atom. The van der Waals surface area contributed by atoms with Crippen molar-refractivity contribution in [2.75, 3.05) is 26.2 Å². The molecule has 0 saturated carbocycles. The molecular formula is C27H30FN3O3. The van der Waals surface area contributed by atoms with E-state index in [0.717, 1.165) is 62.0 Å². The minimum atomic E-state index is -0.311. The average Bonchev–Trinajstić information content (AvgIpc) is 3.27. The van der Waals surface area contributed by atoms with E-state index in [9.17, 15) is 14.0 Å². The molecule has 3 heterocycles. The maximum Gasteiger partial charge on any atom is 0.229 e. The topological polar surface area (TPSA) is 66.7 Å². The quantitative estimate of drug-likeness (QED) is 0.370. The van der Waals surface area contributed by atoms with Crippen molar-refractivity contribution in [2.45, 2.75) is 50.4 Å². The van der Waals surface area contributed by atoms with Gasteiger partial charge in [0.2, 0.25) is 11.8 Å². The largest absolute Gasteiger partial charge is 0.356 e. The number of halogens is 1. The molecule has 34 heavy (non-hydrogen) atoms. The summed E-state index contributed by atoms with van der Waals surface area (Å²) in [5.74, 6) is -0.0889. The molecule has 3 aromatic rings. The second-order valence-corrected chi connectivity index (χ2v) is 9.49. The first-order valence-electron chi connectivity index (χ1n) is 12.2. The number of fused-ring (bicyclic) bond motifs is 1. The Morgan fingerprint density at radius 2 is 1.62 bits per heavy atom. The van der Waals surface area contributed by atoms with Crippen molar-refractivity contribution in [1.29, 1.82) is 0 Å². The highest BCUT2D eigenvalue weighted by Gasteiger charge is 2.33. The Balaban J connectivity index is 1.05. The van der Waals surface area contributed by atoms with E-state index in [0.29, 0.717) is 30.9 Å². The van der Waals surface area contributed by atoms with Gasteiger partial charge in [-0.15, -0.1) is 0 Å². The number of benzene rings is 2. The number of carbonyl (C=O) groups excluding carboxylic acids is 2. The van der Waals surface area contributed by atoms with Crippen LogP contribution in [-0.4, -0.2) is 52.9 Å². The van der Waals surface area contributed by atoms with Crippen molar-refractivity contribution in [1.82, 2.24) is 15.0 Å². The molecule has 2 aliphatic rings. The van der Waals surface area contributed by atoms with Crippen LogP contribution < -0.4 is 0 Å². The summed E-state index contributed by atoms with van der Waals surface area (Å²) in [5.41, 5.74) is 2.51. The summed E-state index contributed by atoms with van der Waals surface area (Å²) < 4.78 is 18.7. The molecule has 2 amide bonds. The monoisotopic (exact) mass is 463 g/mol. The molecule has 2 aromatic carbocycles. The van der Waals surface area contributed by atoms with Gasteiger partial charge in [0, 0.05) is 42.7 Å². The van der Waals surface area contributed by atoms with E-state index in [4.69, 9.17) is 4.52 Å². The number of piperidine rings is 2. The number of carbonyl (C=O) groups is 2. The zero-order chi connectivity index (χ0) is 23.5. The van der Waals surface area contributed by atoms with Gasteiger partial charge in [0.15, 0.2) is 5.58 Å². The van der Waals surface area contributed by atoms with Gasteiger partial charge in [-0.05, 0) is 63.0 Å². The standard InChI is InChI=1S/C27H30FN3O3/c28-22-8-9-23-24(18-22)34-29-27(23)20-10-14-30(15-11-20)12-4-5-13-31-25(32)16-21(17-26(31)33)19-6-2-1-3-7-19/h1-3,6-9,18,20-21H,4-5,10-17H2. The zero-order valence-corrected chi connectivity index (χ0v) is 19.3. The number of amides is 2. The number of unbranched alkanes of at least 4 members (excludes halogenated alkanes) is 1. The molecular weight excluding hydrogens is 433 g/mol. The summed E-state index contributed by atoms with van der Waals surface area (Å²) in [4.78, 5) is 29.1. The molecule has 2 aliphatic heterocycles. The molecule has 2 saturated heterocycles. The Labute approximate surface area is 198 Å². The van der Waals surface area contributed by atoms with Gasteiger partial charge in [-0.25, -0.2) is 4.39 Å². The van der Waals surface area contributed by atoms with Crippen LogP contribution in [0.25, 0.3) is 11.0 Å². The highest BCUT2D eigenvalue weighted by Crippen LogP contribution is 2.33. The summed E-state index contributed by atoms with van der Waals surface area (Å²) in [6.07, 6.45) is 4.58. The first-order valence-corrected chi connectivity index (χ1v) is 12.2. The highest BCUT2D eigenvalue weighted by atomic mass is 19.1. The van der Waals surface area contributed by atoms with Crippen LogP contribution in [0.1, 0.15) is 61.6 Å². The molecule has 0 atom stereocenters. The van der Waals surface area contributed by atoms with E-state index in [2.05, 4.69) is 10.1 Å². The van der Waals surface area contributed by atoms with Crippen LogP contribution in [0.15, 0.2) is 53.1 Å². The van der Waals surface area contributed by atoms with Gasteiger partial charge in [-0.1, -0.05) is 35.5 Å². The fourth-order valence-corrected chi connectivity index (χ4v) is 5.32. The second-order valence-electron chi connectivity index (χ2n) is 9.49. The predicted octanol–water partition coefficient (Wildman–Crippen LogP) is 4.86. The predicted molar refractivity (Wildman–Crippen MR) is 127 cm³/mol.